The molecular formula is C14H15N3S2. The van der Waals surface area contributed by atoms with Crippen LogP contribution in [0, 0.1) is 17.2 Å². The number of hydrogen-bond acceptors (Lipinski definition) is 5. The molecule has 1 saturated carbocycles. The molecule has 1 fully saturated rings. The first-order valence-electron chi connectivity index (χ1n) is 6.36. The van der Waals surface area contributed by atoms with Gasteiger partial charge in [0.05, 0.1) is 16.3 Å². The van der Waals surface area contributed by atoms with Crippen LogP contribution in [0.1, 0.15) is 12.8 Å². The molecule has 1 unspecified atom stereocenters. The molecule has 1 aliphatic rings. The van der Waals surface area contributed by atoms with Gasteiger partial charge in [-0.3, -0.25) is 0 Å². The number of benzene rings is 1. The minimum Gasteiger partial charge on any atom is -0.302 e. The third-order valence-corrected chi connectivity index (χ3v) is 5.99. The van der Waals surface area contributed by atoms with Crippen LogP contribution in [0.4, 0.5) is 0 Å². The lowest BCUT2D eigenvalue weighted by molar-refractivity contribution is 0.441. The van der Waals surface area contributed by atoms with Crippen LogP contribution in [0.2, 0.25) is 0 Å². The van der Waals surface area contributed by atoms with Gasteiger partial charge in [0.1, 0.15) is 5.54 Å². The number of thioether (sulfide) groups is 1. The van der Waals surface area contributed by atoms with E-state index in [9.17, 15) is 5.26 Å². The van der Waals surface area contributed by atoms with Gasteiger partial charge < -0.3 is 5.32 Å². The zero-order valence-electron chi connectivity index (χ0n) is 10.7. The van der Waals surface area contributed by atoms with Crippen molar-refractivity contribution in [3.63, 3.8) is 0 Å². The van der Waals surface area contributed by atoms with Gasteiger partial charge in [-0.2, -0.15) is 5.26 Å². The summed E-state index contributed by atoms with van der Waals surface area (Å²) in [5, 5.41) is 12.7. The Morgan fingerprint density at radius 3 is 2.95 bits per heavy atom. The fraction of sp³-hybridized carbons (Fsp3) is 0.429. The minimum atomic E-state index is -0.386. The maximum absolute atomic E-state index is 9.46. The fourth-order valence-electron chi connectivity index (χ4n) is 2.24. The van der Waals surface area contributed by atoms with Gasteiger partial charge >= 0.3 is 0 Å². The number of nitriles is 1. The van der Waals surface area contributed by atoms with E-state index in [1.54, 1.807) is 23.1 Å². The van der Waals surface area contributed by atoms with E-state index in [1.165, 1.54) is 4.70 Å². The van der Waals surface area contributed by atoms with Gasteiger partial charge in [0, 0.05) is 5.75 Å². The van der Waals surface area contributed by atoms with Gasteiger partial charge in [0.25, 0.3) is 0 Å². The fourth-order valence-corrected chi connectivity index (χ4v) is 4.58. The van der Waals surface area contributed by atoms with Crippen molar-refractivity contribution in [3.8, 4) is 6.07 Å². The highest BCUT2D eigenvalue weighted by atomic mass is 32.2. The lowest BCUT2D eigenvalue weighted by Crippen LogP contribution is -2.46. The van der Waals surface area contributed by atoms with Crippen molar-refractivity contribution in [1.82, 2.24) is 10.3 Å². The lowest BCUT2D eigenvalue weighted by atomic mass is 9.98. The normalized spacial score (nSPS) is 18.1. The quantitative estimate of drug-likeness (QED) is 0.858. The third-order valence-electron chi connectivity index (χ3n) is 3.62. The van der Waals surface area contributed by atoms with Crippen molar-refractivity contribution >= 4 is 33.3 Å². The molecule has 3 rings (SSSR count). The first kappa shape index (κ1) is 12.9. The van der Waals surface area contributed by atoms with Gasteiger partial charge in [-0.1, -0.05) is 23.9 Å². The van der Waals surface area contributed by atoms with Gasteiger partial charge in [-0.05, 0) is 37.9 Å². The Morgan fingerprint density at radius 1 is 1.53 bits per heavy atom. The molecule has 0 radical (unpaired) electrons. The third kappa shape index (κ3) is 2.48. The standard InChI is InChI=1S/C14H15N3S2/c1-16-14(8-15,10-6-7-10)9-18-13-17-11-4-2-3-5-12(11)19-13/h2-5,10,16H,6-7,9H2,1H3. The number of fused-ring (bicyclic) bond motifs is 1. The van der Waals surface area contributed by atoms with Crippen LogP contribution >= 0.6 is 23.1 Å². The number of aromatic nitrogens is 1. The molecule has 1 aromatic heterocycles. The molecule has 1 atom stereocenters. The highest BCUT2D eigenvalue weighted by molar-refractivity contribution is 8.01. The molecule has 5 heteroatoms. The molecule has 19 heavy (non-hydrogen) atoms. The summed E-state index contributed by atoms with van der Waals surface area (Å²) in [7, 11) is 1.89. The summed E-state index contributed by atoms with van der Waals surface area (Å²) in [6.45, 7) is 0. The molecule has 1 aliphatic carbocycles. The van der Waals surface area contributed by atoms with E-state index in [2.05, 4.69) is 22.4 Å². The average molecular weight is 289 g/mol. The second kappa shape index (κ2) is 5.12. The predicted octanol–water partition coefficient (Wildman–Crippen LogP) is 3.28. The Hall–Kier alpha value is -1.09. The highest BCUT2D eigenvalue weighted by Crippen LogP contribution is 2.42. The number of para-hydroxylation sites is 1. The van der Waals surface area contributed by atoms with Crippen LogP contribution in [0.5, 0.6) is 0 Å². The summed E-state index contributed by atoms with van der Waals surface area (Å²) in [5.74, 6) is 1.27. The monoisotopic (exact) mass is 289 g/mol. The second-order valence-electron chi connectivity index (χ2n) is 4.84. The topological polar surface area (TPSA) is 48.7 Å². The number of hydrogen-bond donors (Lipinski definition) is 1. The summed E-state index contributed by atoms with van der Waals surface area (Å²) in [6.07, 6.45) is 2.32. The van der Waals surface area contributed by atoms with E-state index in [4.69, 9.17) is 0 Å². The molecule has 1 N–H and O–H groups in total. The summed E-state index contributed by atoms with van der Waals surface area (Å²) in [5.41, 5.74) is 0.663. The molecule has 3 nitrogen and oxygen atoms in total. The molecule has 0 saturated heterocycles. The second-order valence-corrected chi connectivity index (χ2v) is 7.10. The van der Waals surface area contributed by atoms with Crippen molar-refractivity contribution in [2.24, 2.45) is 5.92 Å². The Balaban J connectivity index is 1.76. The maximum atomic E-state index is 9.46. The van der Waals surface area contributed by atoms with E-state index < -0.39 is 0 Å². The molecule has 2 aromatic rings. The predicted molar refractivity (Wildman–Crippen MR) is 80.5 cm³/mol. The Morgan fingerprint density at radius 2 is 2.32 bits per heavy atom. The molecule has 0 bridgehead atoms. The van der Waals surface area contributed by atoms with Gasteiger partial charge in [-0.15, -0.1) is 11.3 Å². The van der Waals surface area contributed by atoms with Crippen LogP contribution in [0.3, 0.4) is 0 Å². The zero-order valence-corrected chi connectivity index (χ0v) is 12.4. The van der Waals surface area contributed by atoms with Gasteiger partial charge in [-0.25, -0.2) is 4.98 Å². The van der Waals surface area contributed by atoms with E-state index in [0.717, 1.165) is 28.5 Å². The van der Waals surface area contributed by atoms with Crippen LogP contribution < -0.4 is 5.32 Å². The Bertz CT molecular complexity index is 594. The van der Waals surface area contributed by atoms with E-state index in [-0.39, 0.29) is 5.54 Å². The van der Waals surface area contributed by atoms with Crippen molar-refractivity contribution in [3.05, 3.63) is 24.3 Å². The van der Waals surface area contributed by atoms with Crippen LogP contribution in [-0.2, 0) is 0 Å². The Labute approximate surface area is 121 Å². The number of thiazole rings is 1. The average Bonchev–Trinajstić information content (AvgIpc) is 3.21. The zero-order chi connectivity index (χ0) is 13.3. The summed E-state index contributed by atoms with van der Waals surface area (Å²) < 4.78 is 2.26. The Kier molecular flexibility index (Phi) is 3.48. The lowest BCUT2D eigenvalue weighted by Gasteiger charge is -2.24. The van der Waals surface area contributed by atoms with Gasteiger partial charge in [0.15, 0.2) is 4.34 Å². The molecular weight excluding hydrogens is 274 g/mol. The first-order chi connectivity index (χ1) is 9.27. The molecule has 0 amide bonds. The molecule has 0 spiro atoms. The van der Waals surface area contributed by atoms with Crippen molar-refractivity contribution in [1.29, 1.82) is 5.26 Å². The van der Waals surface area contributed by atoms with Crippen LogP contribution in [0.15, 0.2) is 28.6 Å². The van der Waals surface area contributed by atoms with Crippen LogP contribution in [0.25, 0.3) is 10.2 Å². The van der Waals surface area contributed by atoms with Crippen molar-refractivity contribution in [2.45, 2.75) is 22.7 Å². The van der Waals surface area contributed by atoms with Crippen molar-refractivity contribution < 1.29 is 0 Å². The van der Waals surface area contributed by atoms with Crippen LogP contribution in [-0.4, -0.2) is 23.3 Å². The number of rotatable bonds is 5. The number of nitrogens with zero attached hydrogens (tertiary/aromatic N) is 2. The summed E-state index contributed by atoms with van der Waals surface area (Å²) in [4.78, 5) is 4.61. The largest absolute Gasteiger partial charge is 0.302 e. The summed E-state index contributed by atoms with van der Waals surface area (Å²) in [6, 6.07) is 10.6. The summed E-state index contributed by atoms with van der Waals surface area (Å²) >= 11 is 3.40. The first-order valence-corrected chi connectivity index (χ1v) is 8.16. The minimum absolute atomic E-state index is 0.386. The molecule has 1 aromatic carbocycles. The molecule has 0 aliphatic heterocycles. The maximum Gasteiger partial charge on any atom is 0.151 e. The van der Waals surface area contributed by atoms with E-state index >= 15 is 0 Å². The van der Waals surface area contributed by atoms with Crippen molar-refractivity contribution in [2.75, 3.05) is 12.8 Å². The highest BCUT2D eigenvalue weighted by Gasteiger charge is 2.44. The number of nitrogens with one attached hydrogen (secondary N) is 1. The van der Waals surface area contributed by atoms with Gasteiger partial charge in [0.2, 0.25) is 0 Å². The smallest absolute Gasteiger partial charge is 0.151 e. The van der Waals surface area contributed by atoms with E-state index in [1.807, 2.05) is 25.2 Å². The molecule has 1 heterocycles. The molecule has 98 valence electrons. The van der Waals surface area contributed by atoms with E-state index in [0.29, 0.717) is 5.92 Å². The SMILES string of the molecule is CNC(C#N)(CSc1nc2ccccc2s1)C1CC1.